The molecule has 2 rings (SSSR count). The maximum Gasteiger partial charge on any atom is 0.109 e. The number of hydrogen-bond acceptors (Lipinski definition) is 3. The molecule has 0 radical (unpaired) electrons. The van der Waals surface area contributed by atoms with Crippen LogP contribution in [0.2, 0.25) is 0 Å². The number of aryl methyl sites for hydroxylation is 1. The lowest BCUT2D eigenvalue weighted by molar-refractivity contribution is 0.262. The minimum Gasteiger partial charge on any atom is -0.338 e. The zero-order valence-corrected chi connectivity index (χ0v) is 11.0. The Labute approximate surface area is 104 Å². The second kappa shape index (κ2) is 6.17. The van der Waals surface area contributed by atoms with E-state index in [2.05, 4.69) is 33.7 Å². The van der Waals surface area contributed by atoms with Crippen LogP contribution in [0.1, 0.15) is 25.6 Å². The van der Waals surface area contributed by atoms with Crippen molar-refractivity contribution in [2.24, 2.45) is 7.05 Å². The van der Waals surface area contributed by atoms with Gasteiger partial charge in [0.15, 0.2) is 0 Å². The lowest BCUT2D eigenvalue weighted by Gasteiger charge is -2.23. The summed E-state index contributed by atoms with van der Waals surface area (Å²) in [6, 6.07) is 0.705. The van der Waals surface area contributed by atoms with Crippen LogP contribution in [0.5, 0.6) is 0 Å². The molecule has 1 unspecified atom stereocenters. The predicted molar refractivity (Wildman–Crippen MR) is 70.1 cm³/mol. The molecule has 17 heavy (non-hydrogen) atoms. The molecule has 1 aromatic rings. The van der Waals surface area contributed by atoms with Gasteiger partial charge in [-0.05, 0) is 25.9 Å². The summed E-state index contributed by atoms with van der Waals surface area (Å²) < 4.78 is 2.11. The molecule has 0 amide bonds. The van der Waals surface area contributed by atoms with Gasteiger partial charge in [-0.25, -0.2) is 4.98 Å². The van der Waals surface area contributed by atoms with E-state index in [0.717, 1.165) is 19.5 Å². The van der Waals surface area contributed by atoms with Crippen LogP contribution in [-0.2, 0) is 13.5 Å². The molecule has 1 saturated heterocycles. The van der Waals surface area contributed by atoms with E-state index in [4.69, 9.17) is 0 Å². The normalized spacial score (nSPS) is 20.3. The van der Waals surface area contributed by atoms with E-state index in [1.165, 1.54) is 31.8 Å². The Balaban J connectivity index is 1.77. The average Bonchev–Trinajstić information content (AvgIpc) is 2.96. The SMILES string of the molecule is CCN(CCc1nccn1C)CC1CCCN1. The third kappa shape index (κ3) is 3.54. The Morgan fingerprint density at radius 3 is 3.06 bits per heavy atom. The largest absolute Gasteiger partial charge is 0.338 e. The van der Waals surface area contributed by atoms with E-state index in [1.54, 1.807) is 0 Å². The van der Waals surface area contributed by atoms with Gasteiger partial charge >= 0.3 is 0 Å². The summed E-state index contributed by atoms with van der Waals surface area (Å²) in [4.78, 5) is 6.90. The smallest absolute Gasteiger partial charge is 0.109 e. The van der Waals surface area contributed by atoms with Crippen LogP contribution in [0.25, 0.3) is 0 Å². The van der Waals surface area contributed by atoms with Crippen molar-refractivity contribution in [3.05, 3.63) is 18.2 Å². The molecule has 0 aliphatic carbocycles. The molecule has 1 atom stereocenters. The van der Waals surface area contributed by atoms with E-state index in [0.29, 0.717) is 6.04 Å². The van der Waals surface area contributed by atoms with Crippen molar-refractivity contribution in [2.45, 2.75) is 32.2 Å². The molecule has 0 aromatic carbocycles. The van der Waals surface area contributed by atoms with Gasteiger partial charge < -0.3 is 14.8 Å². The molecule has 4 heteroatoms. The Hall–Kier alpha value is -0.870. The quantitative estimate of drug-likeness (QED) is 0.801. The van der Waals surface area contributed by atoms with Gasteiger partial charge in [-0.3, -0.25) is 0 Å². The van der Waals surface area contributed by atoms with Crippen LogP contribution >= 0.6 is 0 Å². The van der Waals surface area contributed by atoms with Gasteiger partial charge in [-0.15, -0.1) is 0 Å². The van der Waals surface area contributed by atoms with Crippen molar-refractivity contribution in [1.82, 2.24) is 19.8 Å². The molecule has 0 saturated carbocycles. The van der Waals surface area contributed by atoms with Crippen LogP contribution in [0.4, 0.5) is 0 Å². The highest BCUT2D eigenvalue weighted by Crippen LogP contribution is 2.07. The summed E-state index contributed by atoms with van der Waals surface area (Å²) >= 11 is 0. The highest BCUT2D eigenvalue weighted by molar-refractivity contribution is 4.92. The second-order valence-corrected chi connectivity index (χ2v) is 4.89. The van der Waals surface area contributed by atoms with Gasteiger partial charge in [-0.1, -0.05) is 6.92 Å². The zero-order chi connectivity index (χ0) is 12.1. The van der Waals surface area contributed by atoms with Crippen LogP contribution in [0.3, 0.4) is 0 Å². The molecule has 1 N–H and O–H groups in total. The van der Waals surface area contributed by atoms with Crippen LogP contribution in [-0.4, -0.2) is 46.7 Å². The minimum atomic E-state index is 0.705. The Morgan fingerprint density at radius 1 is 1.59 bits per heavy atom. The number of aromatic nitrogens is 2. The number of likely N-dealkylation sites (N-methyl/N-ethyl adjacent to an activating group) is 1. The van der Waals surface area contributed by atoms with Crippen LogP contribution in [0, 0.1) is 0 Å². The number of rotatable bonds is 6. The fraction of sp³-hybridized carbons (Fsp3) is 0.769. The van der Waals surface area contributed by atoms with Gasteiger partial charge in [0.1, 0.15) is 5.82 Å². The second-order valence-electron chi connectivity index (χ2n) is 4.89. The van der Waals surface area contributed by atoms with Crippen LogP contribution in [0.15, 0.2) is 12.4 Å². The maximum atomic E-state index is 4.37. The summed E-state index contributed by atoms with van der Waals surface area (Å²) in [5.74, 6) is 1.18. The highest BCUT2D eigenvalue weighted by Gasteiger charge is 2.17. The van der Waals surface area contributed by atoms with Gasteiger partial charge in [-0.2, -0.15) is 0 Å². The highest BCUT2D eigenvalue weighted by atomic mass is 15.2. The molecule has 4 nitrogen and oxygen atoms in total. The number of hydrogen-bond donors (Lipinski definition) is 1. The first-order valence-corrected chi connectivity index (χ1v) is 6.71. The zero-order valence-electron chi connectivity index (χ0n) is 11.0. The molecule has 0 spiro atoms. The Bertz CT molecular complexity index is 328. The van der Waals surface area contributed by atoms with E-state index in [9.17, 15) is 0 Å². The Morgan fingerprint density at radius 2 is 2.47 bits per heavy atom. The molecule has 1 aliphatic rings. The molecule has 1 aliphatic heterocycles. The van der Waals surface area contributed by atoms with E-state index < -0.39 is 0 Å². The van der Waals surface area contributed by atoms with Gasteiger partial charge in [0.05, 0.1) is 0 Å². The standard InChI is InChI=1S/C13H24N4/c1-3-17(11-12-5-4-7-14-12)9-6-13-15-8-10-16(13)2/h8,10,12,14H,3-7,9,11H2,1-2H3. The molecule has 1 fully saturated rings. The molecule has 1 aromatic heterocycles. The van der Waals surface area contributed by atoms with Gasteiger partial charge in [0, 0.05) is 45.0 Å². The third-order valence-electron chi connectivity index (χ3n) is 3.66. The van der Waals surface area contributed by atoms with Crippen molar-refractivity contribution in [3.63, 3.8) is 0 Å². The first kappa shape index (κ1) is 12.6. The summed E-state index contributed by atoms with van der Waals surface area (Å²) in [5.41, 5.74) is 0. The Kier molecular flexibility index (Phi) is 4.57. The predicted octanol–water partition coefficient (Wildman–Crippen LogP) is 1.04. The van der Waals surface area contributed by atoms with Crippen molar-refractivity contribution >= 4 is 0 Å². The van der Waals surface area contributed by atoms with Gasteiger partial charge in [0.25, 0.3) is 0 Å². The van der Waals surface area contributed by atoms with Crippen LogP contribution < -0.4 is 5.32 Å². The van der Waals surface area contributed by atoms with E-state index in [1.807, 2.05) is 12.4 Å². The fourth-order valence-electron chi connectivity index (χ4n) is 2.50. The first-order chi connectivity index (χ1) is 8.29. The topological polar surface area (TPSA) is 33.1 Å². The maximum absolute atomic E-state index is 4.37. The number of imidazole rings is 1. The lowest BCUT2D eigenvalue weighted by atomic mass is 10.2. The summed E-state index contributed by atoms with van der Waals surface area (Å²) in [6.07, 6.45) is 7.61. The van der Waals surface area contributed by atoms with E-state index >= 15 is 0 Å². The fourth-order valence-corrected chi connectivity index (χ4v) is 2.50. The summed E-state index contributed by atoms with van der Waals surface area (Å²) in [5, 5.41) is 3.56. The monoisotopic (exact) mass is 236 g/mol. The lowest BCUT2D eigenvalue weighted by Crippen LogP contribution is -2.38. The summed E-state index contributed by atoms with van der Waals surface area (Å²) in [6.45, 7) is 6.86. The molecule has 96 valence electrons. The van der Waals surface area contributed by atoms with Gasteiger partial charge in [0.2, 0.25) is 0 Å². The number of nitrogens with one attached hydrogen (secondary N) is 1. The minimum absolute atomic E-state index is 0.705. The molecular weight excluding hydrogens is 212 g/mol. The van der Waals surface area contributed by atoms with Crippen molar-refractivity contribution in [3.8, 4) is 0 Å². The first-order valence-electron chi connectivity index (χ1n) is 6.71. The number of nitrogens with zero attached hydrogens (tertiary/aromatic N) is 3. The van der Waals surface area contributed by atoms with Crippen molar-refractivity contribution in [1.29, 1.82) is 0 Å². The van der Waals surface area contributed by atoms with E-state index in [-0.39, 0.29) is 0 Å². The summed E-state index contributed by atoms with van der Waals surface area (Å²) in [7, 11) is 2.07. The van der Waals surface area contributed by atoms with Crippen molar-refractivity contribution < 1.29 is 0 Å². The molecular formula is C13H24N4. The average molecular weight is 236 g/mol. The molecule has 0 bridgehead atoms. The molecule has 2 heterocycles. The third-order valence-corrected chi connectivity index (χ3v) is 3.66. The van der Waals surface area contributed by atoms with Crippen molar-refractivity contribution in [2.75, 3.05) is 26.2 Å².